The standard InChI is InChI=1S/C12H22N2O2/c1-2-11(15)4-3-7-14-8-5-10(6-9-14)12(13)16/h10H,2-9H2,1H3,(H2,13,16). The zero-order valence-corrected chi connectivity index (χ0v) is 10.1. The Balaban J connectivity index is 2.13. The first-order valence-electron chi connectivity index (χ1n) is 6.16. The smallest absolute Gasteiger partial charge is 0.220 e. The minimum Gasteiger partial charge on any atom is -0.369 e. The Hall–Kier alpha value is -0.900. The van der Waals surface area contributed by atoms with E-state index in [-0.39, 0.29) is 11.8 Å². The fourth-order valence-corrected chi connectivity index (χ4v) is 2.12. The van der Waals surface area contributed by atoms with Crippen molar-refractivity contribution in [2.45, 2.75) is 39.0 Å². The first-order chi connectivity index (χ1) is 7.63. The van der Waals surface area contributed by atoms with E-state index in [9.17, 15) is 9.59 Å². The molecule has 4 heteroatoms. The number of nitrogens with two attached hydrogens (primary N) is 1. The molecule has 0 spiro atoms. The number of amides is 1. The van der Waals surface area contributed by atoms with E-state index in [0.717, 1.165) is 38.9 Å². The first-order valence-corrected chi connectivity index (χ1v) is 6.16. The highest BCUT2D eigenvalue weighted by atomic mass is 16.1. The van der Waals surface area contributed by atoms with Crippen LogP contribution < -0.4 is 5.73 Å². The molecule has 1 aliphatic heterocycles. The van der Waals surface area contributed by atoms with Crippen molar-refractivity contribution in [2.75, 3.05) is 19.6 Å². The van der Waals surface area contributed by atoms with E-state index in [1.54, 1.807) is 0 Å². The molecular formula is C12H22N2O2. The van der Waals surface area contributed by atoms with E-state index in [4.69, 9.17) is 5.73 Å². The Morgan fingerprint density at radius 1 is 1.31 bits per heavy atom. The van der Waals surface area contributed by atoms with E-state index in [1.807, 2.05) is 6.92 Å². The molecule has 1 amide bonds. The van der Waals surface area contributed by atoms with Crippen molar-refractivity contribution in [3.8, 4) is 0 Å². The lowest BCUT2D eigenvalue weighted by molar-refractivity contribution is -0.123. The number of nitrogens with zero attached hydrogens (tertiary/aromatic N) is 1. The van der Waals surface area contributed by atoms with Crippen LogP contribution in [0.3, 0.4) is 0 Å². The van der Waals surface area contributed by atoms with Crippen molar-refractivity contribution in [3.63, 3.8) is 0 Å². The highest BCUT2D eigenvalue weighted by Gasteiger charge is 2.22. The molecule has 0 atom stereocenters. The SMILES string of the molecule is CCC(=O)CCCN1CCC(C(N)=O)CC1. The van der Waals surface area contributed by atoms with Crippen LogP contribution in [-0.4, -0.2) is 36.2 Å². The lowest BCUT2D eigenvalue weighted by Crippen LogP contribution is -2.39. The monoisotopic (exact) mass is 226 g/mol. The van der Waals surface area contributed by atoms with Crippen molar-refractivity contribution in [1.29, 1.82) is 0 Å². The van der Waals surface area contributed by atoms with E-state index in [0.29, 0.717) is 18.6 Å². The van der Waals surface area contributed by atoms with Gasteiger partial charge in [0.2, 0.25) is 5.91 Å². The number of hydrogen-bond acceptors (Lipinski definition) is 3. The Kier molecular flexibility index (Phi) is 5.46. The van der Waals surface area contributed by atoms with Crippen LogP contribution in [0.2, 0.25) is 0 Å². The van der Waals surface area contributed by atoms with E-state index >= 15 is 0 Å². The van der Waals surface area contributed by atoms with Crippen molar-refractivity contribution in [1.82, 2.24) is 4.90 Å². The van der Waals surface area contributed by atoms with Gasteiger partial charge in [0.25, 0.3) is 0 Å². The molecule has 0 saturated carbocycles. The minimum absolute atomic E-state index is 0.0634. The molecule has 1 heterocycles. The molecule has 1 aliphatic rings. The summed E-state index contributed by atoms with van der Waals surface area (Å²) in [6.07, 6.45) is 4.01. The fraction of sp³-hybridized carbons (Fsp3) is 0.833. The van der Waals surface area contributed by atoms with Gasteiger partial charge in [-0.1, -0.05) is 6.92 Å². The molecule has 0 radical (unpaired) electrons. The number of rotatable bonds is 6. The number of hydrogen-bond donors (Lipinski definition) is 1. The molecule has 4 nitrogen and oxygen atoms in total. The van der Waals surface area contributed by atoms with Gasteiger partial charge in [0.05, 0.1) is 0 Å². The van der Waals surface area contributed by atoms with Gasteiger partial charge in [-0.2, -0.15) is 0 Å². The van der Waals surface area contributed by atoms with Crippen molar-refractivity contribution in [3.05, 3.63) is 0 Å². The number of piperidine rings is 1. The van der Waals surface area contributed by atoms with E-state index in [1.165, 1.54) is 0 Å². The predicted molar refractivity (Wildman–Crippen MR) is 62.9 cm³/mol. The van der Waals surface area contributed by atoms with Gasteiger partial charge in [0.15, 0.2) is 0 Å². The molecule has 92 valence electrons. The van der Waals surface area contributed by atoms with E-state index < -0.39 is 0 Å². The second kappa shape index (κ2) is 6.63. The van der Waals surface area contributed by atoms with Crippen molar-refractivity contribution >= 4 is 11.7 Å². The van der Waals surface area contributed by atoms with Crippen LogP contribution in [0.25, 0.3) is 0 Å². The number of likely N-dealkylation sites (tertiary alicyclic amines) is 1. The lowest BCUT2D eigenvalue weighted by Gasteiger charge is -2.30. The number of primary amides is 1. The summed E-state index contributed by atoms with van der Waals surface area (Å²) in [5.41, 5.74) is 5.27. The summed E-state index contributed by atoms with van der Waals surface area (Å²) in [5, 5.41) is 0. The van der Waals surface area contributed by atoms with Gasteiger partial charge in [0, 0.05) is 18.8 Å². The van der Waals surface area contributed by atoms with Crippen LogP contribution in [0.1, 0.15) is 39.0 Å². The molecule has 0 aromatic heterocycles. The van der Waals surface area contributed by atoms with Crippen molar-refractivity contribution < 1.29 is 9.59 Å². The van der Waals surface area contributed by atoms with Gasteiger partial charge in [-0.05, 0) is 38.9 Å². The van der Waals surface area contributed by atoms with Crippen LogP contribution in [0.4, 0.5) is 0 Å². The highest BCUT2D eigenvalue weighted by Crippen LogP contribution is 2.16. The van der Waals surface area contributed by atoms with Crippen LogP contribution in [0.5, 0.6) is 0 Å². The second-order valence-electron chi connectivity index (χ2n) is 4.51. The Morgan fingerprint density at radius 3 is 2.44 bits per heavy atom. The van der Waals surface area contributed by atoms with Gasteiger partial charge >= 0.3 is 0 Å². The normalized spacial score (nSPS) is 18.6. The summed E-state index contributed by atoms with van der Waals surface area (Å²) in [6, 6.07) is 0. The number of ketones is 1. The number of carbonyl (C=O) groups excluding carboxylic acids is 2. The molecule has 1 fully saturated rings. The van der Waals surface area contributed by atoms with Crippen LogP contribution in [0.15, 0.2) is 0 Å². The summed E-state index contributed by atoms with van der Waals surface area (Å²) in [7, 11) is 0. The maximum Gasteiger partial charge on any atom is 0.220 e. The third-order valence-corrected chi connectivity index (χ3v) is 3.31. The molecule has 16 heavy (non-hydrogen) atoms. The summed E-state index contributed by atoms with van der Waals surface area (Å²) < 4.78 is 0. The molecule has 0 unspecified atom stereocenters. The molecule has 1 rings (SSSR count). The number of Topliss-reactive ketones (excluding diaryl/α,β-unsaturated/α-hetero) is 1. The van der Waals surface area contributed by atoms with Crippen LogP contribution in [0, 0.1) is 5.92 Å². The minimum atomic E-state index is -0.166. The largest absolute Gasteiger partial charge is 0.369 e. The topological polar surface area (TPSA) is 63.4 Å². The lowest BCUT2D eigenvalue weighted by atomic mass is 9.96. The Bertz CT molecular complexity index is 245. The Morgan fingerprint density at radius 2 is 1.94 bits per heavy atom. The third kappa shape index (κ3) is 4.31. The quantitative estimate of drug-likeness (QED) is 0.733. The first kappa shape index (κ1) is 13.2. The molecule has 2 N–H and O–H groups in total. The third-order valence-electron chi connectivity index (χ3n) is 3.31. The second-order valence-corrected chi connectivity index (χ2v) is 4.51. The summed E-state index contributed by atoms with van der Waals surface area (Å²) in [5.74, 6) is 0.237. The number of carbonyl (C=O) groups is 2. The fourth-order valence-electron chi connectivity index (χ4n) is 2.12. The van der Waals surface area contributed by atoms with Gasteiger partial charge in [-0.15, -0.1) is 0 Å². The van der Waals surface area contributed by atoms with Crippen LogP contribution in [-0.2, 0) is 9.59 Å². The predicted octanol–water partition coefficient (Wildman–Crippen LogP) is 0.943. The summed E-state index contributed by atoms with van der Waals surface area (Å²) in [6.45, 7) is 4.75. The maximum atomic E-state index is 11.1. The van der Waals surface area contributed by atoms with Crippen molar-refractivity contribution in [2.24, 2.45) is 11.7 Å². The van der Waals surface area contributed by atoms with Gasteiger partial charge in [0.1, 0.15) is 5.78 Å². The molecule has 0 aliphatic carbocycles. The zero-order chi connectivity index (χ0) is 12.0. The molecule has 0 bridgehead atoms. The van der Waals surface area contributed by atoms with Crippen LogP contribution >= 0.6 is 0 Å². The summed E-state index contributed by atoms with van der Waals surface area (Å²) >= 11 is 0. The molecule has 1 saturated heterocycles. The molecule has 0 aromatic rings. The maximum absolute atomic E-state index is 11.1. The molecular weight excluding hydrogens is 204 g/mol. The molecule has 0 aromatic carbocycles. The average molecular weight is 226 g/mol. The van der Waals surface area contributed by atoms with Gasteiger partial charge < -0.3 is 10.6 Å². The van der Waals surface area contributed by atoms with Gasteiger partial charge in [-0.3, -0.25) is 9.59 Å². The zero-order valence-electron chi connectivity index (χ0n) is 10.1. The highest BCUT2D eigenvalue weighted by molar-refractivity contribution is 5.78. The average Bonchev–Trinajstić information content (AvgIpc) is 2.29. The Labute approximate surface area is 97.2 Å². The van der Waals surface area contributed by atoms with E-state index in [2.05, 4.69) is 4.90 Å². The summed E-state index contributed by atoms with van der Waals surface area (Å²) in [4.78, 5) is 24.4. The van der Waals surface area contributed by atoms with Gasteiger partial charge in [-0.25, -0.2) is 0 Å².